The number of rotatable bonds is 9. The van der Waals surface area contributed by atoms with E-state index in [1.54, 1.807) is 30.2 Å². The van der Waals surface area contributed by atoms with Crippen molar-refractivity contribution in [1.29, 1.82) is 0 Å². The van der Waals surface area contributed by atoms with E-state index >= 15 is 0 Å². The van der Waals surface area contributed by atoms with E-state index in [2.05, 4.69) is 11.5 Å². The number of piperazine rings is 1. The Bertz CT molecular complexity index is 936. The maximum atomic E-state index is 12.5. The van der Waals surface area contributed by atoms with Crippen molar-refractivity contribution in [1.82, 2.24) is 4.90 Å². The molecule has 8 heteroatoms. The summed E-state index contributed by atoms with van der Waals surface area (Å²) in [6.07, 6.45) is 1.62. The first kappa shape index (κ1) is 23.0. The fraction of sp³-hybridized carbons (Fsp3) is 0.333. The van der Waals surface area contributed by atoms with E-state index in [1.165, 1.54) is 13.2 Å². The fourth-order valence-corrected chi connectivity index (χ4v) is 3.37. The molecule has 2 aromatic carbocycles. The minimum absolute atomic E-state index is 0.217. The first-order valence-corrected chi connectivity index (χ1v) is 10.3. The summed E-state index contributed by atoms with van der Waals surface area (Å²) in [6, 6.07) is 12.6. The standard InChI is InChI=1S/C24H28N2O6/c1-4-15-31-21-10-5-18(16-22(21)30-3)24(28)32-17-23(27)26-13-11-25(12-14-26)19-6-8-20(29-2)9-7-19/h4-10,16H,1,11-15,17H2,2-3H3. The van der Waals surface area contributed by atoms with Gasteiger partial charge in [0.05, 0.1) is 19.8 Å². The van der Waals surface area contributed by atoms with Crippen molar-refractivity contribution >= 4 is 17.6 Å². The first-order valence-electron chi connectivity index (χ1n) is 10.3. The Morgan fingerprint density at radius 2 is 1.69 bits per heavy atom. The molecular weight excluding hydrogens is 412 g/mol. The Labute approximate surface area is 187 Å². The number of carbonyl (C=O) groups excluding carboxylic acids is 2. The maximum absolute atomic E-state index is 12.5. The lowest BCUT2D eigenvalue weighted by Crippen LogP contribution is -2.49. The highest BCUT2D eigenvalue weighted by Gasteiger charge is 2.23. The van der Waals surface area contributed by atoms with Crippen molar-refractivity contribution in [2.45, 2.75) is 0 Å². The molecule has 0 unspecified atom stereocenters. The van der Waals surface area contributed by atoms with E-state index in [1.807, 2.05) is 24.3 Å². The van der Waals surface area contributed by atoms with Gasteiger partial charge >= 0.3 is 5.97 Å². The van der Waals surface area contributed by atoms with Crippen LogP contribution in [0.4, 0.5) is 5.69 Å². The Hall–Kier alpha value is -3.68. The van der Waals surface area contributed by atoms with Gasteiger partial charge in [0.15, 0.2) is 18.1 Å². The molecule has 1 amide bonds. The molecule has 0 aliphatic carbocycles. The van der Waals surface area contributed by atoms with E-state index < -0.39 is 5.97 Å². The van der Waals surface area contributed by atoms with Gasteiger partial charge in [0.1, 0.15) is 12.4 Å². The minimum Gasteiger partial charge on any atom is -0.497 e. The molecule has 1 saturated heterocycles. The highest BCUT2D eigenvalue weighted by molar-refractivity contribution is 5.92. The third kappa shape index (κ3) is 5.72. The number of nitrogens with zero attached hydrogens (tertiary/aromatic N) is 2. The predicted molar refractivity (Wildman–Crippen MR) is 121 cm³/mol. The van der Waals surface area contributed by atoms with Gasteiger partial charge in [0.2, 0.25) is 0 Å². The van der Waals surface area contributed by atoms with Gasteiger partial charge in [-0.05, 0) is 42.5 Å². The molecule has 0 saturated carbocycles. The summed E-state index contributed by atoms with van der Waals surface area (Å²) in [6.45, 7) is 6.14. The number of amides is 1. The van der Waals surface area contributed by atoms with Crippen molar-refractivity contribution in [3.05, 3.63) is 60.7 Å². The van der Waals surface area contributed by atoms with Gasteiger partial charge in [-0.25, -0.2) is 4.79 Å². The molecule has 0 aromatic heterocycles. The summed E-state index contributed by atoms with van der Waals surface area (Å²) < 4.78 is 21.2. The second-order valence-electron chi connectivity index (χ2n) is 7.11. The van der Waals surface area contributed by atoms with Gasteiger partial charge in [-0.1, -0.05) is 12.7 Å². The number of anilines is 1. The van der Waals surface area contributed by atoms with Crippen LogP contribution in [0, 0.1) is 0 Å². The van der Waals surface area contributed by atoms with Crippen LogP contribution in [0.3, 0.4) is 0 Å². The fourth-order valence-electron chi connectivity index (χ4n) is 3.37. The van der Waals surface area contributed by atoms with E-state index in [-0.39, 0.29) is 18.1 Å². The van der Waals surface area contributed by atoms with Crippen LogP contribution in [-0.4, -0.2) is 70.4 Å². The highest BCUT2D eigenvalue weighted by atomic mass is 16.5. The number of methoxy groups -OCH3 is 2. The largest absolute Gasteiger partial charge is 0.497 e. The number of ether oxygens (including phenoxy) is 4. The molecule has 1 heterocycles. The van der Waals surface area contributed by atoms with Crippen molar-refractivity contribution in [3.63, 3.8) is 0 Å². The molecule has 0 bridgehead atoms. The number of esters is 1. The molecule has 3 rings (SSSR count). The monoisotopic (exact) mass is 440 g/mol. The van der Waals surface area contributed by atoms with Crippen LogP contribution in [0.2, 0.25) is 0 Å². The molecule has 1 fully saturated rings. The SMILES string of the molecule is C=CCOc1ccc(C(=O)OCC(=O)N2CCN(c3ccc(OC)cc3)CC2)cc1OC. The third-order valence-electron chi connectivity index (χ3n) is 5.15. The second kappa shape index (κ2) is 11.1. The van der Waals surface area contributed by atoms with Crippen molar-refractivity contribution in [3.8, 4) is 17.2 Å². The normalized spacial score (nSPS) is 13.3. The maximum Gasteiger partial charge on any atom is 0.338 e. The van der Waals surface area contributed by atoms with Gasteiger partial charge in [-0.2, -0.15) is 0 Å². The molecule has 0 spiro atoms. The molecule has 0 atom stereocenters. The van der Waals surface area contributed by atoms with Crippen LogP contribution in [0.1, 0.15) is 10.4 Å². The molecule has 0 radical (unpaired) electrons. The summed E-state index contributed by atoms with van der Waals surface area (Å²) in [7, 11) is 3.12. The summed E-state index contributed by atoms with van der Waals surface area (Å²) >= 11 is 0. The van der Waals surface area contributed by atoms with E-state index in [0.717, 1.165) is 11.4 Å². The number of carbonyl (C=O) groups is 2. The quantitative estimate of drug-likeness (QED) is 0.438. The summed E-state index contributed by atoms with van der Waals surface area (Å²) in [5.41, 5.74) is 1.36. The lowest BCUT2D eigenvalue weighted by Gasteiger charge is -2.36. The van der Waals surface area contributed by atoms with Crippen molar-refractivity contribution < 1.29 is 28.5 Å². The van der Waals surface area contributed by atoms with E-state index in [4.69, 9.17) is 18.9 Å². The third-order valence-corrected chi connectivity index (χ3v) is 5.15. The average molecular weight is 440 g/mol. The van der Waals surface area contributed by atoms with Crippen molar-refractivity contribution in [2.75, 3.05) is 58.5 Å². The van der Waals surface area contributed by atoms with Crippen molar-refractivity contribution in [2.24, 2.45) is 0 Å². The number of benzene rings is 2. The lowest BCUT2D eigenvalue weighted by molar-refractivity contribution is -0.134. The van der Waals surface area contributed by atoms with Gasteiger partial charge in [-0.15, -0.1) is 0 Å². The predicted octanol–water partition coefficient (Wildman–Crippen LogP) is 2.77. The van der Waals surface area contributed by atoms with Crippen LogP contribution in [-0.2, 0) is 9.53 Å². The average Bonchev–Trinajstić information content (AvgIpc) is 2.85. The van der Waals surface area contributed by atoms with E-state index in [9.17, 15) is 9.59 Å². The Balaban J connectivity index is 1.49. The van der Waals surface area contributed by atoms with Crippen LogP contribution in [0.25, 0.3) is 0 Å². The highest BCUT2D eigenvalue weighted by Crippen LogP contribution is 2.28. The molecule has 32 heavy (non-hydrogen) atoms. The molecule has 0 N–H and O–H groups in total. The molecule has 8 nitrogen and oxygen atoms in total. The number of hydrogen-bond acceptors (Lipinski definition) is 7. The smallest absolute Gasteiger partial charge is 0.338 e. The van der Waals surface area contributed by atoms with Gasteiger partial charge in [0.25, 0.3) is 5.91 Å². The Morgan fingerprint density at radius 1 is 0.969 bits per heavy atom. The van der Waals surface area contributed by atoms with Gasteiger partial charge in [0, 0.05) is 31.9 Å². The molecule has 1 aliphatic rings. The first-order chi connectivity index (χ1) is 15.5. The molecule has 2 aromatic rings. The van der Waals surface area contributed by atoms with E-state index in [0.29, 0.717) is 44.3 Å². The zero-order chi connectivity index (χ0) is 22.9. The van der Waals surface area contributed by atoms with Crippen LogP contribution < -0.4 is 19.1 Å². The molecular formula is C24H28N2O6. The van der Waals surface area contributed by atoms with Crippen LogP contribution >= 0.6 is 0 Å². The Morgan fingerprint density at radius 3 is 2.31 bits per heavy atom. The summed E-state index contributed by atoms with van der Waals surface area (Å²) in [5.74, 6) is 0.896. The molecule has 170 valence electrons. The lowest BCUT2D eigenvalue weighted by atomic mass is 10.2. The topological polar surface area (TPSA) is 77.5 Å². The van der Waals surface area contributed by atoms with Gasteiger partial charge in [-0.3, -0.25) is 4.79 Å². The zero-order valence-electron chi connectivity index (χ0n) is 18.4. The van der Waals surface area contributed by atoms with Gasteiger partial charge < -0.3 is 28.7 Å². The van der Waals surface area contributed by atoms with Crippen LogP contribution in [0.15, 0.2) is 55.1 Å². The zero-order valence-corrected chi connectivity index (χ0v) is 18.4. The summed E-state index contributed by atoms with van der Waals surface area (Å²) in [4.78, 5) is 28.8. The summed E-state index contributed by atoms with van der Waals surface area (Å²) in [5, 5.41) is 0. The Kier molecular flexibility index (Phi) is 7.96. The molecule has 1 aliphatic heterocycles. The minimum atomic E-state index is -0.594. The van der Waals surface area contributed by atoms with Crippen LogP contribution in [0.5, 0.6) is 17.2 Å². The number of hydrogen-bond donors (Lipinski definition) is 0. The second-order valence-corrected chi connectivity index (χ2v) is 7.11.